The van der Waals surface area contributed by atoms with Gasteiger partial charge in [-0.2, -0.15) is 0 Å². The number of halogens is 1. The minimum atomic E-state index is -0.658. The minimum Gasteiger partial charge on any atom is -0.486 e. The van der Waals surface area contributed by atoms with Crippen molar-refractivity contribution in [2.45, 2.75) is 20.5 Å². The molecule has 0 N–H and O–H groups in total. The Balaban J connectivity index is 2.55. The van der Waals surface area contributed by atoms with E-state index in [9.17, 15) is 19.7 Å². The van der Waals surface area contributed by atoms with Crippen LogP contribution in [0.25, 0.3) is 0 Å². The highest BCUT2D eigenvalue weighted by atomic mass is 79.9. The molecule has 2 rings (SSSR count). The average molecular weight is 407 g/mol. The highest BCUT2D eigenvalue weighted by molar-refractivity contribution is 9.10. The Bertz CT molecular complexity index is 809. The van der Waals surface area contributed by atoms with Crippen molar-refractivity contribution in [1.29, 1.82) is 0 Å². The van der Waals surface area contributed by atoms with Gasteiger partial charge in [-0.3, -0.25) is 19.7 Å². The zero-order valence-corrected chi connectivity index (χ0v) is 15.1. The van der Waals surface area contributed by atoms with Crippen LogP contribution in [-0.4, -0.2) is 16.7 Å². The van der Waals surface area contributed by atoms with Crippen molar-refractivity contribution >= 4 is 39.1 Å². The molecule has 0 bridgehead atoms. The van der Waals surface area contributed by atoms with Crippen molar-refractivity contribution in [1.82, 2.24) is 0 Å². The third-order valence-electron chi connectivity index (χ3n) is 3.31. The number of carbonyl (C=O) groups is 2. The number of rotatable bonds is 5. The van der Waals surface area contributed by atoms with Gasteiger partial charge in [-0.05, 0) is 11.6 Å². The van der Waals surface area contributed by atoms with Crippen molar-refractivity contribution in [3.8, 4) is 5.75 Å². The maximum absolute atomic E-state index is 11.9. The molecule has 0 radical (unpaired) electrons. The molecule has 7 nitrogen and oxygen atoms in total. The van der Waals surface area contributed by atoms with E-state index in [1.807, 2.05) is 30.3 Å². The van der Waals surface area contributed by atoms with Crippen LogP contribution < -0.4 is 9.64 Å². The lowest BCUT2D eigenvalue weighted by molar-refractivity contribution is -0.384. The number of nitro benzene ring substituents is 1. The van der Waals surface area contributed by atoms with E-state index < -0.39 is 22.4 Å². The van der Waals surface area contributed by atoms with Crippen LogP contribution in [0.2, 0.25) is 0 Å². The molecule has 0 aliphatic heterocycles. The topological polar surface area (TPSA) is 89.8 Å². The van der Waals surface area contributed by atoms with Gasteiger partial charge in [0.15, 0.2) is 11.4 Å². The summed E-state index contributed by atoms with van der Waals surface area (Å²) in [7, 11) is 0. The van der Waals surface area contributed by atoms with Crippen molar-refractivity contribution in [3.05, 3.63) is 62.6 Å². The number of imide groups is 1. The first-order valence-electron chi connectivity index (χ1n) is 7.27. The van der Waals surface area contributed by atoms with Crippen molar-refractivity contribution in [3.63, 3.8) is 0 Å². The summed E-state index contributed by atoms with van der Waals surface area (Å²) in [4.78, 5) is 35.3. The number of ether oxygens (including phenoxy) is 1. The smallest absolute Gasteiger partial charge is 0.298 e. The van der Waals surface area contributed by atoms with E-state index in [4.69, 9.17) is 4.74 Å². The molecule has 2 aromatic carbocycles. The second-order valence-corrected chi connectivity index (χ2v) is 6.09. The average Bonchev–Trinajstić information content (AvgIpc) is 2.54. The molecule has 2 aromatic rings. The number of amides is 2. The lowest BCUT2D eigenvalue weighted by Crippen LogP contribution is -2.34. The Labute approximate surface area is 152 Å². The van der Waals surface area contributed by atoms with Crippen LogP contribution in [0.3, 0.4) is 0 Å². The lowest BCUT2D eigenvalue weighted by Gasteiger charge is -2.21. The zero-order valence-electron chi connectivity index (χ0n) is 13.6. The van der Waals surface area contributed by atoms with E-state index in [2.05, 4.69) is 15.9 Å². The summed E-state index contributed by atoms with van der Waals surface area (Å²) in [6, 6.07) is 11.9. The van der Waals surface area contributed by atoms with Gasteiger partial charge in [0.25, 0.3) is 5.69 Å². The van der Waals surface area contributed by atoms with Crippen LogP contribution in [0.1, 0.15) is 19.4 Å². The summed E-state index contributed by atoms with van der Waals surface area (Å²) in [5.74, 6) is -1.21. The first-order chi connectivity index (χ1) is 11.8. The van der Waals surface area contributed by atoms with Gasteiger partial charge in [0.1, 0.15) is 6.61 Å². The van der Waals surface area contributed by atoms with E-state index in [0.29, 0.717) is 4.47 Å². The highest BCUT2D eigenvalue weighted by Gasteiger charge is 2.30. The van der Waals surface area contributed by atoms with Crippen molar-refractivity contribution < 1.29 is 19.2 Å². The fourth-order valence-corrected chi connectivity index (χ4v) is 2.73. The van der Waals surface area contributed by atoms with Gasteiger partial charge in [-0.1, -0.05) is 46.3 Å². The summed E-state index contributed by atoms with van der Waals surface area (Å²) in [5, 5.41) is 11.4. The molecular weight excluding hydrogens is 392 g/mol. The molecule has 0 heterocycles. The molecule has 0 aliphatic carbocycles. The molecular formula is C17H15BrN2O5. The third-order valence-corrected chi connectivity index (χ3v) is 3.76. The number of benzene rings is 2. The Kier molecular flexibility index (Phi) is 5.87. The minimum absolute atomic E-state index is 0.0651. The normalized spacial score (nSPS) is 10.2. The van der Waals surface area contributed by atoms with Crippen LogP contribution in [0.5, 0.6) is 5.75 Å². The maximum Gasteiger partial charge on any atom is 0.298 e. The van der Waals surface area contributed by atoms with Crippen molar-refractivity contribution in [2.75, 3.05) is 4.90 Å². The molecule has 0 aromatic heterocycles. The van der Waals surface area contributed by atoms with Gasteiger partial charge >= 0.3 is 0 Å². The number of nitro groups is 1. The van der Waals surface area contributed by atoms with E-state index in [-0.39, 0.29) is 18.0 Å². The van der Waals surface area contributed by atoms with Crippen LogP contribution in [0, 0.1) is 10.1 Å². The monoisotopic (exact) mass is 406 g/mol. The van der Waals surface area contributed by atoms with Crippen LogP contribution >= 0.6 is 15.9 Å². The molecule has 2 amide bonds. The molecule has 0 spiro atoms. The van der Waals surface area contributed by atoms with Gasteiger partial charge in [0.05, 0.1) is 4.92 Å². The zero-order chi connectivity index (χ0) is 18.6. The fraction of sp³-hybridized carbons (Fsp3) is 0.176. The molecule has 130 valence electrons. The van der Waals surface area contributed by atoms with E-state index in [0.717, 1.165) is 24.3 Å². The first kappa shape index (κ1) is 18.6. The summed E-state index contributed by atoms with van der Waals surface area (Å²) >= 11 is 3.19. The van der Waals surface area contributed by atoms with E-state index in [1.54, 1.807) is 0 Å². The highest BCUT2D eigenvalue weighted by Crippen LogP contribution is 2.41. The summed E-state index contributed by atoms with van der Waals surface area (Å²) in [5.41, 5.74) is 0.264. The first-order valence-corrected chi connectivity index (χ1v) is 8.06. The lowest BCUT2D eigenvalue weighted by atomic mass is 10.2. The summed E-state index contributed by atoms with van der Waals surface area (Å²) < 4.78 is 6.10. The van der Waals surface area contributed by atoms with Crippen LogP contribution in [-0.2, 0) is 16.2 Å². The van der Waals surface area contributed by atoms with Gasteiger partial charge in [0.2, 0.25) is 11.8 Å². The molecule has 0 saturated heterocycles. The molecule has 8 heteroatoms. The quantitative estimate of drug-likeness (QED) is 0.555. The van der Waals surface area contributed by atoms with Gasteiger partial charge in [-0.15, -0.1) is 0 Å². The van der Waals surface area contributed by atoms with Crippen molar-refractivity contribution in [2.24, 2.45) is 0 Å². The Hall–Kier alpha value is -2.74. The standard InChI is InChI=1S/C17H15BrN2O5/c1-11(21)19(12(2)22)17-15(20(23)24)8-14(18)9-16(17)25-10-13-6-4-3-5-7-13/h3-9H,10H2,1-2H3. The van der Waals surface area contributed by atoms with Crippen LogP contribution in [0.15, 0.2) is 46.9 Å². The second-order valence-electron chi connectivity index (χ2n) is 5.18. The predicted molar refractivity (Wildman–Crippen MR) is 95.4 cm³/mol. The molecule has 0 saturated carbocycles. The Morgan fingerprint density at radius 3 is 2.28 bits per heavy atom. The third kappa shape index (κ3) is 4.42. The van der Waals surface area contributed by atoms with Gasteiger partial charge in [0, 0.05) is 24.4 Å². The number of hydrogen-bond acceptors (Lipinski definition) is 5. The second kappa shape index (κ2) is 7.89. The Morgan fingerprint density at radius 2 is 1.76 bits per heavy atom. The number of anilines is 1. The molecule has 0 atom stereocenters. The summed E-state index contributed by atoms with van der Waals surface area (Å²) in [6.45, 7) is 2.45. The molecule has 0 unspecified atom stereocenters. The molecule has 0 aliphatic rings. The SMILES string of the molecule is CC(=O)N(C(C)=O)c1c(OCc2ccccc2)cc(Br)cc1[N+](=O)[O-]. The van der Waals surface area contributed by atoms with E-state index in [1.165, 1.54) is 12.1 Å². The van der Waals surface area contributed by atoms with Crippen LogP contribution in [0.4, 0.5) is 11.4 Å². The summed E-state index contributed by atoms with van der Waals surface area (Å²) in [6.07, 6.45) is 0. The number of carbonyl (C=O) groups excluding carboxylic acids is 2. The number of nitrogens with zero attached hydrogens (tertiary/aromatic N) is 2. The predicted octanol–water partition coefficient (Wildman–Crippen LogP) is 3.84. The maximum atomic E-state index is 11.9. The largest absolute Gasteiger partial charge is 0.486 e. The van der Waals surface area contributed by atoms with Gasteiger partial charge in [-0.25, -0.2) is 4.90 Å². The van der Waals surface area contributed by atoms with E-state index >= 15 is 0 Å². The molecule has 25 heavy (non-hydrogen) atoms. The Morgan fingerprint density at radius 1 is 1.16 bits per heavy atom. The number of hydrogen-bond donors (Lipinski definition) is 0. The fourth-order valence-electron chi connectivity index (χ4n) is 2.31. The van der Waals surface area contributed by atoms with Gasteiger partial charge < -0.3 is 4.74 Å². The molecule has 0 fully saturated rings.